The van der Waals surface area contributed by atoms with Crippen LogP contribution in [0.25, 0.3) is 0 Å². The topological polar surface area (TPSA) is 23.8 Å². The van der Waals surface area contributed by atoms with Crippen LogP contribution < -0.4 is 0 Å². The maximum absolute atomic E-state index is 8.67. The molecule has 4 aliphatic rings. The average molecular weight is 215 g/mol. The fourth-order valence-corrected chi connectivity index (χ4v) is 5.01. The predicted octanol–water partition coefficient (Wildman–Crippen LogP) is 3.92. The molecular formula is C15H21N. The first-order valence-corrected chi connectivity index (χ1v) is 6.81. The zero-order valence-electron chi connectivity index (χ0n) is 10.2. The standard InChI is InChI=1S/C15H21N/c1-10(3-2-4-16)15-13-6-11-5-12(8-13)9-14(15)7-11/h3,11-15H,2,5-9H2,1H3/b10-3-. The molecule has 0 aromatic rings. The maximum atomic E-state index is 8.67. The van der Waals surface area contributed by atoms with Crippen molar-refractivity contribution in [3.8, 4) is 6.07 Å². The van der Waals surface area contributed by atoms with E-state index in [-0.39, 0.29) is 0 Å². The second-order valence-electron chi connectivity index (χ2n) is 6.27. The van der Waals surface area contributed by atoms with E-state index in [2.05, 4.69) is 19.1 Å². The van der Waals surface area contributed by atoms with Crippen molar-refractivity contribution in [2.45, 2.75) is 45.4 Å². The van der Waals surface area contributed by atoms with Gasteiger partial charge in [-0.05, 0) is 68.6 Å². The lowest BCUT2D eigenvalue weighted by molar-refractivity contribution is -0.0208. The third-order valence-corrected chi connectivity index (χ3v) is 5.27. The van der Waals surface area contributed by atoms with Crippen molar-refractivity contribution < 1.29 is 0 Å². The van der Waals surface area contributed by atoms with Gasteiger partial charge in [-0.3, -0.25) is 0 Å². The highest BCUT2D eigenvalue weighted by molar-refractivity contribution is 5.14. The number of hydrogen-bond acceptors (Lipinski definition) is 1. The molecular weight excluding hydrogens is 194 g/mol. The van der Waals surface area contributed by atoms with Crippen LogP contribution in [0.4, 0.5) is 0 Å². The minimum absolute atomic E-state index is 0.606. The van der Waals surface area contributed by atoms with Gasteiger partial charge in [0, 0.05) is 0 Å². The number of nitriles is 1. The maximum Gasteiger partial charge on any atom is 0.0663 e. The van der Waals surface area contributed by atoms with Crippen LogP contribution in [-0.4, -0.2) is 0 Å². The van der Waals surface area contributed by atoms with Gasteiger partial charge in [-0.25, -0.2) is 0 Å². The molecule has 0 aliphatic heterocycles. The summed E-state index contributed by atoms with van der Waals surface area (Å²) in [5.41, 5.74) is 1.52. The SMILES string of the molecule is C/C(=C/CC#N)C1C2CC3CC(C2)CC1C3. The second kappa shape index (κ2) is 3.91. The van der Waals surface area contributed by atoms with Crippen LogP contribution in [-0.2, 0) is 0 Å². The van der Waals surface area contributed by atoms with Crippen molar-refractivity contribution in [3.63, 3.8) is 0 Å². The summed E-state index contributed by atoms with van der Waals surface area (Å²) in [6.07, 6.45) is 10.2. The lowest BCUT2D eigenvalue weighted by Crippen LogP contribution is -2.45. The third kappa shape index (κ3) is 1.59. The Morgan fingerprint density at radius 2 is 1.69 bits per heavy atom. The molecule has 0 spiro atoms. The summed E-state index contributed by atoms with van der Waals surface area (Å²) < 4.78 is 0. The van der Waals surface area contributed by atoms with Gasteiger partial charge in [0.15, 0.2) is 0 Å². The number of allylic oxidation sites excluding steroid dienone is 2. The largest absolute Gasteiger partial charge is 0.198 e. The normalized spacial score (nSPS) is 45.8. The summed E-state index contributed by atoms with van der Waals surface area (Å²) in [5.74, 6) is 4.88. The summed E-state index contributed by atoms with van der Waals surface area (Å²) in [5, 5.41) is 8.67. The Hall–Kier alpha value is -0.770. The smallest absolute Gasteiger partial charge is 0.0663 e. The van der Waals surface area contributed by atoms with E-state index in [1.54, 1.807) is 0 Å². The summed E-state index contributed by atoms with van der Waals surface area (Å²) in [6.45, 7) is 2.27. The molecule has 0 atom stereocenters. The van der Waals surface area contributed by atoms with Crippen molar-refractivity contribution in [2.24, 2.45) is 29.6 Å². The fraction of sp³-hybridized carbons (Fsp3) is 0.800. The number of nitrogens with zero attached hydrogens (tertiary/aromatic N) is 1. The Morgan fingerprint density at radius 1 is 1.12 bits per heavy atom. The summed E-state index contributed by atoms with van der Waals surface area (Å²) in [4.78, 5) is 0. The highest BCUT2D eigenvalue weighted by atomic mass is 14.5. The molecule has 4 bridgehead atoms. The zero-order chi connectivity index (χ0) is 11.1. The summed E-state index contributed by atoms with van der Waals surface area (Å²) in [6, 6.07) is 2.24. The van der Waals surface area contributed by atoms with E-state index in [4.69, 9.17) is 5.26 Å². The first-order chi connectivity index (χ1) is 7.78. The van der Waals surface area contributed by atoms with Gasteiger partial charge < -0.3 is 0 Å². The Labute approximate surface area is 98.5 Å². The minimum atomic E-state index is 0.606. The Bertz CT molecular complexity index is 319. The van der Waals surface area contributed by atoms with E-state index in [1.165, 1.54) is 37.7 Å². The fourth-order valence-electron chi connectivity index (χ4n) is 5.01. The van der Waals surface area contributed by atoms with Crippen molar-refractivity contribution in [1.29, 1.82) is 5.26 Å². The predicted molar refractivity (Wildman–Crippen MR) is 64.5 cm³/mol. The van der Waals surface area contributed by atoms with Crippen LogP contribution in [0, 0.1) is 40.9 Å². The zero-order valence-corrected chi connectivity index (χ0v) is 10.2. The molecule has 1 heteroatoms. The highest BCUT2D eigenvalue weighted by Gasteiger charge is 2.48. The Morgan fingerprint density at radius 3 is 2.19 bits per heavy atom. The van der Waals surface area contributed by atoms with Crippen LogP contribution in [0.15, 0.2) is 11.6 Å². The van der Waals surface area contributed by atoms with Gasteiger partial charge in [0.05, 0.1) is 12.5 Å². The molecule has 0 heterocycles. The quantitative estimate of drug-likeness (QED) is 0.640. The van der Waals surface area contributed by atoms with Gasteiger partial charge in [0.25, 0.3) is 0 Å². The monoisotopic (exact) mass is 215 g/mol. The number of hydrogen-bond donors (Lipinski definition) is 0. The van der Waals surface area contributed by atoms with Crippen molar-refractivity contribution in [1.82, 2.24) is 0 Å². The van der Waals surface area contributed by atoms with Gasteiger partial charge in [-0.15, -0.1) is 0 Å². The summed E-state index contributed by atoms with van der Waals surface area (Å²) in [7, 11) is 0. The first-order valence-electron chi connectivity index (χ1n) is 6.81. The lowest BCUT2D eigenvalue weighted by atomic mass is 9.50. The molecule has 0 saturated heterocycles. The van der Waals surface area contributed by atoms with E-state index < -0.39 is 0 Å². The van der Waals surface area contributed by atoms with E-state index in [0.717, 1.165) is 29.6 Å². The van der Waals surface area contributed by atoms with Crippen LogP contribution in [0.3, 0.4) is 0 Å². The van der Waals surface area contributed by atoms with Crippen LogP contribution >= 0.6 is 0 Å². The van der Waals surface area contributed by atoms with Crippen LogP contribution in [0.5, 0.6) is 0 Å². The number of rotatable bonds is 2. The van der Waals surface area contributed by atoms with E-state index in [0.29, 0.717) is 6.42 Å². The van der Waals surface area contributed by atoms with Crippen molar-refractivity contribution >= 4 is 0 Å². The second-order valence-corrected chi connectivity index (χ2v) is 6.27. The van der Waals surface area contributed by atoms with Crippen molar-refractivity contribution in [3.05, 3.63) is 11.6 Å². The molecule has 0 radical (unpaired) electrons. The lowest BCUT2D eigenvalue weighted by Gasteiger charge is -2.55. The minimum Gasteiger partial charge on any atom is -0.198 e. The molecule has 0 amide bonds. The highest BCUT2D eigenvalue weighted by Crippen LogP contribution is 2.58. The third-order valence-electron chi connectivity index (χ3n) is 5.27. The Kier molecular flexibility index (Phi) is 2.54. The van der Waals surface area contributed by atoms with Gasteiger partial charge in [-0.2, -0.15) is 5.26 Å². The average Bonchev–Trinajstić information content (AvgIpc) is 2.24. The molecule has 0 unspecified atom stereocenters. The van der Waals surface area contributed by atoms with E-state index in [1.807, 2.05) is 0 Å². The molecule has 0 N–H and O–H groups in total. The van der Waals surface area contributed by atoms with E-state index >= 15 is 0 Å². The summed E-state index contributed by atoms with van der Waals surface area (Å²) >= 11 is 0. The molecule has 4 aliphatic carbocycles. The molecule has 86 valence electrons. The van der Waals surface area contributed by atoms with E-state index in [9.17, 15) is 0 Å². The molecule has 4 saturated carbocycles. The molecule has 0 aromatic heterocycles. The van der Waals surface area contributed by atoms with Gasteiger partial charge >= 0.3 is 0 Å². The van der Waals surface area contributed by atoms with Crippen molar-refractivity contribution in [2.75, 3.05) is 0 Å². The molecule has 4 fully saturated rings. The Balaban J connectivity index is 1.79. The first kappa shape index (κ1) is 10.4. The van der Waals surface area contributed by atoms with Gasteiger partial charge in [0.2, 0.25) is 0 Å². The van der Waals surface area contributed by atoms with Crippen LogP contribution in [0.1, 0.15) is 45.4 Å². The van der Waals surface area contributed by atoms with Gasteiger partial charge in [-0.1, -0.05) is 11.6 Å². The molecule has 16 heavy (non-hydrogen) atoms. The van der Waals surface area contributed by atoms with Gasteiger partial charge in [0.1, 0.15) is 0 Å². The molecule has 1 nitrogen and oxygen atoms in total. The van der Waals surface area contributed by atoms with Crippen LogP contribution in [0.2, 0.25) is 0 Å². The molecule has 0 aromatic carbocycles. The molecule has 4 rings (SSSR count).